The number of ether oxygens (including phenoxy) is 1. The molecule has 0 unspecified atom stereocenters. The minimum absolute atomic E-state index is 0.313. The maximum Gasteiger partial charge on any atom is 0.410 e. The summed E-state index contributed by atoms with van der Waals surface area (Å²) in [6, 6.07) is 11.1. The van der Waals surface area contributed by atoms with Gasteiger partial charge < -0.3 is 14.2 Å². The summed E-state index contributed by atoms with van der Waals surface area (Å²) in [5.41, 5.74) is 3.36. The van der Waals surface area contributed by atoms with Gasteiger partial charge in [0.1, 0.15) is 5.60 Å². The van der Waals surface area contributed by atoms with E-state index in [0.717, 1.165) is 27.7 Å². The standard InChI is InChI=1S/C24H27N3O4S/c1-24(2,3)31-23(28)27-12-10-19(15-27)18-5-6-20(25-14-18)16-26-11-9-17-13-21(32(4,29)30)7-8-22(17)26/h5-11,13-14H,12,15-16H2,1-4H3. The largest absolute Gasteiger partial charge is 0.444 e. The summed E-state index contributed by atoms with van der Waals surface area (Å²) in [5.74, 6) is 0. The number of carbonyl (C=O) groups excluding carboxylic acids is 1. The van der Waals surface area contributed by atoms with E-state index in [1.807, 2.05) is 68.1 Å². The third-order valence-electron chi connectivity index (χ3n) is 5.27. The lowest BCUT2D eigenvalue weighted by atomic mass is 10.1. The summed E-state index contributed by atoms with van der Waals surface area (Å²) in [6.45, 7) is 7.17. The van der Waals surface area contributed by atoms with Crippen LogP contribution < -0.4 is 0 Å². The van der Waals surface area contributed by atoms with Crippen molar-refractivity contribution in [2.24, 2.45) is 0 Å². The van der Waals surface area contributed by atoms with Crippen molar-refractivity contribution < 1.29 is 17.9 Å². The van der Waals surface area contributed by atoms with Crippen LogP contribution in [0.25, 0.3) is 16.5 Å². The summed E-state index contributed by atoms with van der Waals surface area (Å²) in [5, 5.41) is 0.878. The normalized spacial score (nSPS) is 14.6. The van der Waals surface area contributed by atoms with E-state index < -0.39 is 15.4 Å². The van der Waals surface area contributed by atoms with Crippen molar-refractivity contribution in [2.75, 3.05) is 19.3 Å². The van der Waals surface area contributed by atoms with Crippen molar-refractivity contribution in [3.63, 3.8) is 0 Å². The van der Waals surface area contributed by atoms with E-state index >= 15 is 0 Å². The Labute approximate surface area is 188 Å². The van der Waals surface area contributed by atoms with Crippen LogP contribution in [-0.2, 0) is 21.1 Å². The highest BCUT2D eigenvalue weighted by Crippen LogP contribution is 2.24. The number of nitrogens with zero attached hydrogens (tertiary/aromatic N) is 3. The Bertz CT molecular complexity index is 1300. The Balaban J connectivity index is 1.44. The van der Waals surface area contributed by atoms with Crippen molar-refractivity contribution >= 4 is 32.4 Å². The zero-order valence-electron chi connectivity index (χ0n) is 18.7. The van der Waals surface area contributed by atoms with E-state index in [1.54, 1.807) is 17.0 Å². The van der Waals surface area contributed by atoms with E-state index in [9.17, 15) is 13.2 Å². The zero-order valence-corrected chi connectivity index (χ0v) is 19.5. The number of pyridine rings is 1. The molecule has 0 fully saturated rings. The molecule has 0 spiro atoms. The van der Waals surface area contributed by atoms with Crippen molar-refractivity contribution in [1.29, 1.82) is 0 Å². The van der Waals surface area contributed by atoms with Crippen LogP contribution in [0.5, 0.6) is 0 Å². The Kier molecular flexibility index (Phi) is 5.58. The molecule has 1 amide bonds. The summed E-state index contributed by atoms with van der Waals surface area (Å²) in [4.78, 5) is 18.9. The molecule has 1 aromatic carbocycles. The van der Waals surface area contributed by atoms with Crippen molar-refractivity contribution in [3.05, 3.63) is 66.1 Å². The molecule has 7 nitrogen and oxygen atoms in total. The van der Waals surface area contributed by atoms with Crippen LogP contribution in [-0.4, -0.2) is 53.9 Å². The molecule has 1 aliphatic rings. The van der Waals surface area contributed by atoms with Gasteiger partial charge in [0.15, 0.2) is 9.84 Å². The number of carbonyl (C=O) groups is 1. The number of amides is 1. The predicted molar refractivity (Wildman–Crippen MR) is 124 cm³/mol. The molecule has 0 saturated heterocycles. The molecule has 3 heterocycles. The second kappa shape index (κ2) is 8.09. The highest BCUT2D eigenvalue weighted by atomic mass is 32.2. The molecular weight excluding hydrogens is 426 g/mol. The van der Waals surface area contributed by atoms with E-state index in [1.165, 1.54) is 6.26 Å². The van der Waals surface area contributed by atoms with Crippen LogP contribution in [0.3, 0.4) is 0 Å². The second-order valence-electron chi connectivity index (χ2n) is 9.06. The van der Waals surface area contributed by atoms with E-state index in [-0.39, 0.29) is 6.09 Å². The van der Waals surface area contributed by atoms with Gasteiger partial charge in [0.2, 0.25) is 0 Å². The summed E-state index contributed by atoms with van der Waals surface area (Å²) in [6.07, 6.45) is 6.69. The molecule has 0 bridgehead atoms. The first kappa shape index (κ1) is 22.1. The Hall–Kier alpha value is -3.13. The smallest absolute Gasteiger partial charge is 0.410 e. The van der Waals surface area contributed by atoms with Gasteiger partial charge in [0, 0.05) is 42.6 Å². The minimum atomic E-state index is -3.23. The fourth-order valence-corrected chi connectivity index (χ4v) is 4.32. The molecule has 1 aliphatic heterocycles. The number of rotatable bonds is 4. The van der Waals surface area contributed by atoms with Gasteiger partial charge in [-0.05, 0) is 62.2 Å². The molecule has 0 radical (unpaired) electrons. The quantitative estimate of drug-likeness (QED) is 0.594. The van der Waals surface area contributed by atoms with Gasteiger partial charge >= 0.3 is 6.09 Å². The molecule has 168 valence electrons. The molecule has 32 heavy (non-hydrogen) atoms. The van der Waals surface area contributed by atoms with Gasteiger partial charge in [-0.1, -0.05) is 12.1 Å². The average molecular weight is 454 g/mol. The molecule has 2 aromatic heterocycles. The fourth-order valence-electron chi connectivity index (χ4n) is 3.66. The van der Waals surface area contributed by atoms with Crippen molar-refractivity contribution in [3.8, 4) is 0 Å². The number of hydrogen-bond acceptors (Lipinski definition) is 5. The number of fused-ring (bicyclic) bond motifs is 1. The van der Waals surface area contributed by atoms with E-state index in [4.69, 9.17) is 4.74 Å². The second-order valence-corrected chi connectivity index (χ2v) is 11.1. The van der Waals surface area contributed by atoms with Crippen LogP contribution in [0.4, 0.5) is 4.79 Å². The van der Waals surface area contributed by atoms with Crippen LogP contribution in [0.2, 0.25) is 0 Å². The molecule has 0 N–H and O–H groups in total. The predicted octanol–water partition coefficient (Wildman–Crippen LogP) is 4.12. The van der Waals surface area contributed by atoms with Gasteiger partial charge in [-0.3, -0.25) is 4.98 Å². The van der Waals surface area contributed by atoms with Gasteiger partial charge in [0.05, 0.1) is 17.1 Å². The van der Waals surface area contributed by atoms with Crippen LogP contribution in [0.15, 0.2) is 59.8 Å². The van der Waals surface area contributed by atoms with Gasteiger partial charge in [-0.2, -0.15) is 0 Å². The third-order valence-corrected chi connectivity index (χ3v) is 6.38. The fraction of sp³-hybridized carbons (Fsp3) is 0.333. The van der Waals surface area contributed by atoms with Crippen LogP contribution >= 0.6 is 0 Å². The van der Waals surface area contributed by atoms with Crippen LogP contribution in [0, 0.1) is 0 Å². The first-order valence-corrected chi connectivity index (χ1v) is 12.3. The number of benzene rings is 1. The SMILES string of the molecule is CC(C)(C)OC(=O)N1CC=C(c2ccc(Cn3ccc4cc(S(C)(=O)=O)ccc43)nc2)C1. The molecule has 0 atom stereocenters. The molecule has 0 saturated carbocycles. The lowest BCUT2D eigenvalue weighted by molar-refractivity contribution is 0.0306. The van der Waals surface area contributed by atoms with Crippen molar-refractivity contribution in [2.45, 2.75) is 37.8 Å². The van der Waals surface area contributed by atoms with E-state index in [2.05, 4.69) is 4.98 Å². The molecule has 8 heteroatoms. The van der Waals surface area contributed by atoms with Crippen molar-refractivity contribution in [1.82, 2.24) is 14.5 Å². The summed E-state index contributed by atoms with van der Waals surface area (Å²) < 4.78 is 31.1. The van der Waals surface area contributed by atoms with Gasteiger partial charge in [-0.15, -0.1) is 0 Å². The molecule has 4 rings (SSSR count). The summed E-state index contributed by atoms with van der Waals surface area (Å²) >= 11 is 0. The maximum absolute atomic E-state index is 12.3. The van der Waals surface area contributed by atoms with Gasteiger partial charge in [0.25, 0.3) is 0 Å². The average Bonchev–Trinajstić information content (AvgIpc) is 3.34. The van der Waals surface area contributed by atoms with Crippen LogP contribution in [0.1, 0.15) is 32.0 Å². The topological polar surface area (TPSA) is 81.5 Å². The third kappa shape index (κ3) is 4.85. The highest BCUT2D eigenvalue weighted by molar-refractivity contribution is 7.90. The Morgan fingerprint density at radius 2 is 1.94 bits per heavy atom. The monoisotopic (exact) mass is 453 g/mol. The lowest BCUT2D eigenvalue weighted by Gasteiger charge is -2.24. The number of aromatic nitrogens is 2. The number of sulfone groups is 1. The highest BCUT2D eigenvalue weighted by Gasteiger charge is 2.25. The molecule has 0 aliphatic carbocycles. The number of hydrogen-bond donors (Lipinski definition) is 0. The Morgan fingerprint density at radius 3 is 2.59 bits per heavy atom. The molecule has 3 aromatic rings. The summed E-state index contributed by atoms with van der Waals surface area (Å²) in [7, 11) is -3.23. The van der Waals surface area contributed by atoms with Gasteiger partial charge in [-0.25, -0.2) is 13.2 Å². The minimum Gasteiger partial charge on any atom is -0.444 e. The first-order valence-electron chi connectivity index (χ1n) is 10.4. The molecular formula is C24H27N3O4S. The maximum atomic E-state index is 12.3. The first-order chi connectivity index (χ1) is 15.0. The van der Waals surface area contributed by atoms with E-state index in [0.29, 0.717) is 24.5 Å². The lowest BCUT2D eigenvalue weighted by Crippen LogP contribution is -2.35. The Morgan fingerprint density at radius 1 is 1.16 bits per heavy atom. The zero-order chi connectivity index (χ0) is 23.1.